The van der Waals surface area contributed by atoms with Gasteiger partial charge in [-0.15, -0.1) is 0 Å². The van der Waals surface area contributed by atoms with Crippen molar-refractivity contribution < 1.29 is 9.90 Å². The summed E-state index contributed by atoms with van der Waals surface area (Å²) < 4.78 is 0. The molecule has 1 amide bonds. The number of aliphatic hydroxyl groups is 1. The lowest BCUT2D eigenvalue weighted by Gasteiger charge is -2.42. The van der Waals surface area contributed by atoms with Crippen LogP contribution in [0.25, 0.3) is 11.0 Å². The van der Waals surface area contributed by atoms with Crippen LogP contribution in [0.3, 0.4) is 0 Å². The number of H-pyrrole nitrogens is 1. The monoisotopic (exact) mass is 436 g/mol. The number of aryl methyl sites for hydroxylation is 1. The lowest BCUT2D eigenvalue weighted by atomic mass is 10.1. The highest BCUT2D eigenvalue weighted by atomic mass is 16.3. The zero-order valence-corrected chi connectivity index (χ0v) is 18.3. The Kier molecular flexibility index (Phi) is 6.48. The fourth-order valence-electron chi connectivity index (χ4n) is 4.15. The van der Waals surface area contributed by atoms with Gasteiger partial charge in [-0.2, -0.15) is 0 Å². The molecule has 168 valence electrons. The minimum atomic E-state index is -0.226. The Bertz CT molecular complexity index is 1160. The first kappa shape index (κ1) is 21.9. The third kappa shape index (κ3) is 4.49. The van der Waals surface area contributed by atoms with Crippen LogP contribution in [0.4, 0.5) is 5.69 Å². The second-order valence-corrected chi connectivity index (χ2v) is 8.00. The van der Waals surface area contributed by atoms with Gasteiger partial charge in [0.2, 0.25) is 0 Å². The maximum absolute atomic E-state index is 12.1. The molecule has 4 heterocycles. The molecule has 3 aromatic rings. The highest BCUT2D eigenvalue weighted by Crippen LogP contribution is 2.22. The summed E-state index contributed by atoms with van der Waals surface area (Å²) in [7, 11) is 1.57. The van der Waals surface area contributed by atoms with Crippen molar-refractivity contribution in [3.05, 3.63) is 63.8 Å². The Hall–Kier alpha value is -3.30. The Morgan fingerprint density at radius 1 is 1.25 bits per heavy atom. The molecule has 32 heavy (non-hydrogen) atoms. The molecule has 0 bridgehead atoms. The fraction of sp³-hybridized carbons (Fsp3) is 0.391. The van der Waals surface area contributed by atoms with Gasteiger partial charge in [-0.1, -0.05) is 6.92 Å². The van der Waals surface area contributed by atoms with Crippen molar-refractivity contribution in [2.24, 2.45) is 0 Å². The highest BCUT2D eigenvalue weighted by molar-refractivity contribution is 5.92. The average molecular weight is 437 g/mol. The Morgan fingerprint density at radius 2 is 2.09 bits per heavy atom. The number of piperazine rings is 1. The van der Waals surface area contributed by atoms with Crippen molar-refractivity contribution in [3.8, 4) is 0 Å². The largest absolute Gasteiger partial charge is 0.394 e. The number of hydrogen-bond acceptors (Lipinski definition) is 7. The molecule has 1 atom stereocenters. The smallest absolute Gasteiger partial charge is 0.269 e. The highest BCUT2D eigenvalue weighted by Gasteiger charge is 2.27. The Balaban J connectivity index is 1.46. The van der Waals surface area contributed by atoms with Crippen LogP contribution in [-0.2, 0) is 13.0 Å². The van der Waals surface area contributed by atoms with Crippen LogP contribution < -0.4 is 15.8 Å². The number of carbonyl (C=O) groups is 1. The molecular formula is C23H28N6O3. The summed E-state index contributed by atoms with van der Waals surface area (Å²) in [6, 6.07) is 7.30. The van der Waals surface area contributed by atoms with Gasteiger partial charge < -0.3 is 20.3 Å². The summed E-state index contributed by atoms with van der Waals surface area (Å²) in [4.78, 5) is 39.9. The van der Waals surface area contributed by atoms with Crippen molar-refractivity contribution in [1.29, 1.82) is 0 Å². The van der Waals surface area contributed by atoms with Crippen LogP contribution in [0, 0.1) is 0 Å². The van der Waals surface area contributed by atoms with E-state index in [0.29, 0.717) is 25.2 Å². The van der Waals surface area contributed by atoms with Gasteiger partial charge in [-0.25, -0.2) is 4.98 Å². The lowest BCUT2D eigenvalue weighted by molar-refractivity contribution is 0.0958. The van der Waals surface area contributed by atoms with Crippen molar-refractivity contribution in [2.75, 3.05) is 38.2 Å². The summed E-state index contributed by atoms with van der Waals surface area (Å²) >= 11 is 0. The number of aliphatic hydroxyl groups excluding tert-OH is 1. The molecule has 3 N–H and O–H groups in total. The zero-order valence-electron chi connectivity index (χ0n) is 18.3. The Morgan fingerprint density at radius 3 is 2.78 bits per heavy atom. The van der Waals surface area contributed by atoms with E-state index in [4.69, 9.17) is 0 Å². The van der Waals surface area contributed by atoms with E-state index in [1.807, 2.05) is 31.3 Å². The van der Waals surface area contributed by atoms with E-state index < -0.39 is 0 Å². The first-order chi connectivity index (χ1) is 15.5. The molecule has 3 aromatic heterocycles. The molecule has 0 aromatic carbocycles. The van der Waals surface area contributed by atoms with Gasteiger partial charge in [0, 0.05) is 45.0 Å². The van der Waals surface area contributed by atoms with Crippen molar-refractivity contribution in [3.63, 3.8) is 0 Å². The first-order valence-corrected chi connectivity index (χ1v) is 10.8. The van der Waals surface area contributed by atoms with Gasteiger partial charge in [0.1, 0.15) is 5.69 Å². The predicted molar refractivity (Wildman–Crippen MR) is 123 cm³/mol. The van der Waals surface area contributed by atoms with Gasteiger partial charge >= 0.3 is 0 Å². The van der Waals surface area contributed by atoms with Crippen LogP contribution in [0.2, 0.25) is 0 Å². The number of aromatic nitrogens is 3. The standard InChI is InChI=1S/C23H28N6O3/c1-3-16-9-20-21(27-22(16)31)8-15(10-25-20)12-28-6-7-29(18(13-28)14-30)17-4-5-19(26-11-17)23(32)24-2/h4-5,8-11,18,30H,3,6-7,12-14H2,1-2H3,(H,24,32)(H,27,31)/t18-/m0/s1. The number of amides is 1. The zero-order chi connectivity index (χ0) is 22.7. The SMILES string of the molecule is CCc1cc2ncc(CN3CCN(c4ccc(C(=O)NC)nc4)[C@H](CO)C3)cc2[nH]c1=O. The molecule has 1 aliphatic heterocycles. The normalized spacial score (nSPS) is 17.0. The Labute approximate surface area is 186 Å². The molecule has 0 radical (unpaired) electrons. The van der Waals surface area contributed by atoms with Gasteiger partial charge in [0.05, 0.1) is 35.6 Å². The first-order valence-electron chi connectivity index (χ1n) is 10.8. The molecular weight excluding hydrogens is 408 g/mol. The van der Waals surface area contributed by atoms with Crippen LogP contribution in [-0.4, -0.2) is 70.2 Å². The number of carbonyl (C=O) groups excluding carboxylic acids is 1. The van der Waals surface area contributed by atoms with E-state index >= 15 is 0 Å². The minimum Gasteiger partial charge on any atom is -0.394 e. The molecule has 0 aliphatic carbocycles. The van der Waals surface area contributed by atoms with E-state index in [9.17, 15) is 14.7 Å². The maximum Gasteiger partial charge on any atom is 0.269 e. The van der Waals surface area contributed by atoms with Crippen molar-refractivity contribution in [2.45, 2.75) is 25.9 Å². The quantitative estimate of drug-likeness (QED) is 0.526. The fourth-order valence-corrected chi connectivity index (χ4v) is 4.15. The molecule has 1 aliphatic rings. The van der Waals surface area contributed by atoms with E-state index in [1.165, 1.54) is 0 Å². The van der Waals surface area contributed by atoms with E-state index in [0.717, 1.165) is 40.9 Å². The number of fused-ring (bicyclic) bond motifs is 1. The molecule has 9 nitrogen and oxygen atoms in total. The second kappa shape index (κ2) is 9.46. The van der Waals surface area contributed by atoms with Crippen molar-refractivity contribution >= 4 is 22.6 Å². The van der Waals surface area contributed by atoms with Crippen molar-refractivity contribution in [1.82, 2.24) is 25.2 Å². The van der Waals surface area contributed by atoms with Gasteiger partial charge in [0.25, 0.3) is 11.5 Å². The number of hydrogen-bond donors (Lipinski definition) is 3. The van der Waals surface area contributed by atoms with E-state index in [-0.39, 0.29) is 24.1 Å². The molecule has 0 unspecified atom stereocenters. The topological polar surface area (TPSA) is 114 Å². The van der Waals surface area contributed by atoms with Gasteiger partial charge in [-0.05, 0) is 36.2 Å². The molecule has 1 saturated heterocycles. The van der Waals surface area contributed by atoms with Gasteiger partial charge in [-0.3, -0.25) is 19.5 Å². The number of pyridine rings is 3. The number of rotatable bonds is 6. The van der Waals surface area contributed by atoms with E-state index in [2.05, 4.69) is 30.1 Å². The predicted octanol–water partition coefficient (Wildman–Crippen LogP) is 0.923. The molecule has 4 rings (SSSR count). The molecule has 0 spiro atoms. The average Bonchev–Trinajstić information content (AvgIpc) is 2.83. The summed E-state index contributed by atoms with van der Waals surface area (Å²) in [6.07, 6.45) is 4.20. The molecule has 9 heteroatoms. The van der Waals surface area contributed by atoms with E-state index in [1.54, 1.807) is 19.3 Å². The van der Waals surface area contributed by atoms with Crippen LogP contribution in [0.1, 0.15) is 28.5 Å². The van der Waals surface area contributed by atoms with Crippen LogP contribution >= 0.6 is 0 Å². The number of aromatic amines is 1. The number of nitrogens with zero attached hydrogens (tertiary/aromatic N) is 4. The summed E-state index contributed by atoms with van der Waals surface area (Å²) in [6.45, 7) is 4.85. The number of nitrogens with one attached hydrogen (secondary N) is 2. The number of anilines is 1. The van der Waals surface area contributed by atoms with Crippen LogP contribution in [0.15, 0.2) is 41.5 Å². The lowest BCUT2D eigenvalue weighted by Crippen LogP contribution is -2.54. The third-order valence-electron chi connectivity index (χ3n) is 5.93. The summed E-state index contributed by atoms with van der Waals surface area (Å²) in [5, 5.41) is 12.6. The summed E-state index contributed by atoms with van der Waals surface area (Å²) in [5.41, 5.74) is 4.46. The second-order valence-electron chi connectivity index (χ2n) is 8.00. The minimum absolute atomic E-state index is 0.0107. The third-order valence-corrected chi connectivity index (χ3v) is 5.93. The van der Waals surface area contributed by atoms with Gasteiger partial charge in [0.15, 0.2) is 0 Å². The van der Waals surface area contributed by atoms with Crippen LogP contribution in [0.5, 0.6) is 0 Å². The molecule has 0 saturated carbocycles. The maximum atomic E-state index is 12.1. The summed E-state index contributed by atoms with van der Waals surface area (Å²) in [5.74, 6) is -0.226. The molecule has 1 fully saturated rings.